The Morgan fingerprint density at radius 3 is 2.50 bits per heavy atom. The number of carboxylic acids is 1. The fourth-order valence-electron chi connectivity index (χ4n) is 2.40. The molecule has 0 aromatic heterocycles. The van der Waals surface area contributed by atoms with Crippen LogP contribution in [0.5, 0.6) is 0 Å². The highest BCUT2D eigenvalue weighted by Crippen LogP contribution is 2.22. The van der Waals surface area contributed by atoms with Crippen LogP contribution in [0.4, 0.5) is 0 Å². The third kappa shape index (κ3) is 3.95. The van der Waals surface area contributed by atoms with Crippen molar-refractivity contribution in [2.24, 2.45) is 5.92 Å². The van der Waals surface area contributed by atoms with Gasteiger partial charge in [0.15, 0.2) is 0 Å². The summed E-state index contributed by atoms with van der Waals surface area (Å²) in [5, 5.41) is 11.7. The summed E-state index contributed by atoms with van der Waals surface area (Å²) in [6, 6.07) is 0.0804. The van der Waals surface area contributed by atoms with E-state index in [9.17, 15) is 14.4 Å². The van der Waals surface area contributed by atoms with Crippen molar-refractivity contribution in [3.8, 4) is 0 Å². The van der Waals surface area contributed by atoms with Gasteiger partial charge in [0, 0.05) is 24.5 Å². The number of amides is 2. The minimum Gasteiger partial charge on any atom is -0.481 e. The molecule has 0 unspecified atom stereocenters. The summed E-state index contributed by atoms with van der Waals surface area (Å²) in [5.74, 6) is -1.57. The molecule has 0 radical (unpaired) electrons. The molecule has 2 amide bonds. The van der Waals surface area contributed by atoms with Crippen LogP contribution in [0.2, 0.25) is 0 Å². The van der Waals surface area contributed by atoms with E-state index in [1.54, 1.807) is 11.8 Å². The molecule has 6 nitrogen and oxygen atoms in total. The zero-order valence-electron chi connectivity index (χ0n) is 12.6. The fraction of sp³-hybridized carbons (Fsp3) is 0.786. The molecule has 20 heavy (non-hydrogen) atoms. The standard InChI is InChI=1S/C14H24N2O4/c1-5-14(4,7-12(18)19)15-13(20)10-6-11(17)16(8-10)9(2)3/h9-10H,5-8H2,1-4H3,(H,15,20)(H,18,19)/t10-,14-/m1/s1. The normalized spacial score (nSPS) is 21.9. The third-order valence-corrected chi connectivity index (χ3v) is 3.90. The van der Waals surface area contributed by atoms with E-state index in [-0.39, 0.29) is 36.6 Å². The molecule has 0 saturated carbocycles. The van der Waals surface area contributed by atoms with Crippen molar-refractivity contribution in [3.05, 3.63) is 0 Å². The van der Waals surface area contributed by atoms with Gasteiger partial charge in [-0.15, -0.1) is 0 Å². The van der Waals surface area contributed by atoms with E-state index < -0.39 is 11.5 Å². The van der Waals surface area contributed by atoms with Crippen LogP contribution in [0.15, 0.2) is 0 Å². The van der Waals surface area contributed by atoms with Crippen LogP contribution < -0.4 is 5.32 Å². The van der Waals surface area contributed by atoms with Gasteiger partial charge >= 0.3 is 5.97 Å². The molecule has 0 bridgehead atoms. The minimum absolute atomic E-state index is 0.0170. The Kier molecular flexibility index (Phi) is 5.14. The van der Waals surface area contributed by atoms with E-state index in [0.29, 0.717) is 13.0 Å². The Morgan fingerprint density at radius 1 is 1.50 bits per heavy atom. The maximum atomic E-state index is 12.2. The number of carbonyl (C=O) groups excluding carboxylic acids is 2. The first-order valence-corrected chi connectivity index (χ1v) is 7.02. The number of rotatable bonds is 6. The van der Waals surface area contributed by atoms with Gasteiger partial charge in [0.05, 0.1) is 12.3 Å². The first-order valence-electron chi connectivity index (χ1n) is 7.02. The van der Waals surface area contributed by atoms with Crippen LogP contribution >= 0.6 is 0 Å². The van der Waals surface area contributed by atoms with E-state index in [1.165, 1.54) is 0 Å². The molecule has 0 aromatic carbocycles. The SMILES string of the molecule is CC[C@](C)(CC(=O)O)NC(=O)[C@@H]1CC(=O)N(C(C)C)C1. The molecule has 2 N–H and O–H groups in total. The highest BCUT2D eigenvalue weighted by atomic mass is 16.4. The molecule has 1 aliphatic rings. The van der Waals surface area contributed by atoms with Crippen molar-refractivity contribution in [1.29, 1.82) is 0 Å². The lowest BCUT2D eigenvalue weighted by molar-refractivity contribution is -0.139. The van der Waals surface area contributed by atoms with E-state index in [1.807, 2.05) is 20.8 Å². The van der Waals surface area contributed by atoms with Crippen LogP contribution in [0.1, 0.15) is 47.0 Å². The number of hydrogen-bond donors (Lipinski definition) is 2. The number of hydrogen-bond acceptors (Lipinski definition) is 3. The molecule has 114 valence electrons. The van der Waals surface area contributed by atoms with E-state index in [4.69, 9.17) is 5.11 Å². The van der Waals surface area contributed by atoms with Crippen molar-refractivity contribution in [3.63, 3.8) is 0 Å². The summed E-state index contributed by atoms with van der Waals surface area (Å²) < 4.78 is 0. The quantitative estimate of drug-likeness (QED) is 0.762. The summed E-state index contributed by atoms with van der Waals surface area (Å²) in [6.07, 6.45) is 0.611. The third-order valence-electron chi connectivity index (χ3n) is 3.90. The molecule has 0 spiro atoms. The fourth-order valence-corrected chi connectivity index (χ4v) is 2.40. The zero-order chi connectivity index (χ0) is 15.5. The number of carboxylic acid groups (broad SMARTS) is 1. The maximum absolute atomic E-state index is 12.2. The minimum atomic E-state index is -0.944. The number of nitrogens with zero attached hydrogens (tertiary/aromatic N) is 1. The average Bonchev–Trinajstić information content (AvgIpc) is 2.70. The summed E-state index contributed by atoms with van der Waals surface area (Å²) >= 11 is 0. The van der Waals surface area contributed by atoms with Crippen molar-refractivity contribution < 1.29 is 19.5 Å². The first kappa shape index (κ1) is 16.5. The van der Waals surface area contributed by atoms with Crippen molar-refractivity contribution in [2.45, 2.75) is 58.5 Å². The lowest BCUT2D eigenvalue weighted by Gasteiger charge is -2.29. The highest BCUT2D eigenvalue weighted by Gasteiger charge is 2.38. The van der Waals surface area contributed by atoms with Crippen LogP contribution in [0.25, 0.3) is 0 Å². The van der Waals surface area contributed by atoms with E-state index in [0.717, 1.165) is 0 Å². The second kappa shape index (κ2) is 6.24. The zero-order valence-corrected chi connectivity index (χ0v) is 12.6. The Labute approximate surface area is 119 Å². The van der Waals surface area contributed by atoms with Gasteiger partial charge in [-0.3, -0.25) is 14.4 Å². The number of carbonyl (C=O) groups is 3. The smallest absolute Gasteiger partial charge is 0.305 e. The Morgan fingerprint density at radius 2 is 2.10 bits per heavy atom. The molecule has 2 atom stereocenters. The summed E-state index contributed by atoms with van der Waals surface area (Å²) in [7, 11) is 0. The average molecular weight is 284 g/mol. The van der Waals surface area contributed by atoms with Crippen molar-refractivity contribution in [2.75, 3.05) is 6.54 Å². The summed E-state index contributed by atoms with van der Waals surface area (Å²) in [5.41, 5.74) is -0.767. The molecule has 1 fully saturated rings. The number of aliphatic carboxylic acids is 1. The Bertz CT molecular complexity index is 408. The first-order chi connectivity index (χ1) is 9.18. The van der Waals surface area contributed by atoms with Gasteiger partial charge in [0.2, 0.25) is 11.8 Å². The topological polar surface area (TPSA) is 86.7 Å². The summed E-state index contributed by atoms with van der Waals surface area (Å²) in [4.78, 5) is 36.6. The van der Waals surface area contributed by atoms with Gasteiger partial charge in [-0.1, -0.05) is 6.92 Å². The largest absolute Gasteiger partial charge is 0.481 e. The van der Waals surface area contributed by atoms with Gasteiger partial charge < -0.3 is 15.3 Å². The van der Waals surface area contributed by atoms with Gasteiger partial charge in [-0.2, -0.15) is 0 Å². The van der Waals surface area contributed by atoms with Crippen LogP contribution in [0, 0.1) is 5.92 Å². The van der Waals surface area contributed by atoms with E-state index in [2.05, 4.69) is 5.32 Å². The molecule has 1 saturated heterocycles. The molecule has 6 heteroatoms. The summed E-state index contributed by atoms with van der Waals surface area (Å²) in [6.45, 7) is 7.80. The Balaban J connectivity index is 2.67. The predicted octanol–water partition coefficient (Wildman–Crippen LogP) is 1.00. The second-order valence-electron chi connectivity index (χ2n) is 6.01. The van der Waals surface area contributed by atoms with Crippen LogP contribution in [-0.2, 0) is 14.4 Å². The molecule has 1 heterocycles. The predicted molar refractivity (Wildman–Crippen MR) is 74.0 cm³/mol. The molecular formula is C14H24N2O4. The Hall–Kier alpha value is -1.59. The lowest BCUT2D eigenvalue weighted by atomic mass is 9.93. The monoisotopic (exact) mass is 284 g/mol. The van der Waals surface area contributed by atoms with Gasteiger partial charge in [-0.25, -0.2) is 0 Å². The molecule has 1 aliphatic heterocycles. The van der Waals surface area contributed by atoms with Gasteiger partial charge in [0.25, 0.3) is 0 Å². The molecule has 1 rings (SSSR count). The van der Waals surface area contributed by atoms with Gasteiger partial charge in [-0.05, 0) is 27.2 Å². The van der Waals surface area contributed by atoms with E-state index >= 15 is 0 Å². The molecule has 0 aliphatic carbocycles. The maximum Gasteiger partial charge on any atom is 0.305 e. The number of nitrogens with one attached hydrogen (secondary N) is 1. The second-order valence-corrected chi connectivity index (χ2v) is 6.01. The van der Waals surface area contributed by atoms with Crippen LogP contribution in [0.3, 0.4) is 0 Å². The lowest BCUT2D eigenvalue weighted by Crippen LogP contribution is -2.49. The van der Waals surface area contributed by atoms with Gasteiger partial charge in [0.1, 0.15) is 0 Å². The number of likely N-dealkylation sites (tertiary alicyclic amines) is 1. The highest BCUT2D eigenvalue weighted by molar-refractivity contribution is 5.90. The van der Waals surface area contributed by atoms with Crippen LogP contribution in [-0.4, -0.2) is 45.9 Å². The molecule has 0 aromatic rings. The van der Waals surface area contributed by atoms with Crippen molar-refractivity contribution in [1.82, 2.24) is 10.2 Å². The van der Waals surface area contributed by atoms with Crippen molar-refractivity contribution >= 4 is 17.8 Å². The molecular weight excluding hydrogens is 260 g/mol.